The molecule has 1 aromatic rings. The Morgan fingerprint density at radius 2 is 1.91 bits per heavy atom. The highest BCUT2D eigenvalue weighted by atomic mass is 16.5. The van der Waals surface area contributed by atoms with Crippen LogP contribution < -0.4 is 5.32 Å². The number of nitrogens with one attached hydrogen (secondary N) is 1. The molecule has 3 rings (SSSR count). The predicted molar refractivity (Wildman–Crippen MR) is 84.6 cm³/mol. The predicted octanol–water partition coefficient (Wildman–Crippen LogP) is 2.90. The van der Waals surface area contributed by atoms with E-state index in [-0.39, 0.29) is 23.7 Å². The number of rotatable bonds is 2. The number of carbonyl (C=O) groups is 1. The molecule has 1 aromatic carbocycles. The summed E-state index contributed by atoms with van der Waals surface area (Å²) in [6, 6.07) is 8.71. The topological polar surface area (TPSA) is 47.6 Å². The van der Waals surface area contributed by atoms with Crippen LogP contribution in [0, 0.1) is 6.92 Å². The lowest BCUT2D eigenvalue weighted by molar-refractivity contribution is -0.179. The number of benzene rings is 1. The van der Waals surface area contributed by atoms with Gasteiger partial charge in [-0.25, -0.2) is 0 Å². The van der Waals surface area contributed by atoms with Crippen LogP contribution in [0.4, 0.5) is 0 Å². The first-order valence-corrected chi connectivity index (χ1v) is 8.16. The highest BCUT2D eigenvalue weighted by Crippen LogP contribution is 2.42. The van der Waals surface area contributed by atoms with Crippen LogP contribution in [-0.2, 0) is 14.3 Å². The molecular weight excluding hydrogens is 278 g/mol. The van der Waals surface area contributed by atoms with Crippen molar-refractivity contribution in [3.05, 3.63) is 35.4 Å². The Balaban J connectivity index is 1.82. The highest BCUT2D eigenvalue weighted by Gasteiger charge is 2.43. The van der Waals surface area contributed by atoms with Gasteiger partial charge in [-0.05, 0) is 38.2 Å². The average molecular weight is 303 g/mol. The van der Waals surface area contributed by atoms with Crippen molar-refractivity contribution < 1.29 is 14.3 Å². The maximum atomic E-state index is 11.5. The fourth-order valence-corrected chi connectivity index (χ4v) is 3.64. The standard InChI is InChI=1S/C18H25NO3/c1-13-3-5-15(6-4-13)17-11-16(19-14(2)20)12-18(22-17)7-9-21-10-8-18/h3-6,16-17H,7-12H2,1-2H3,(H,19,20)/t16-,17-/m1/s1. The molecule has 2 fully saturated rings. The third kappa shape index (κ3) is 3.50. The third-order valence-corrected chi connectivity index (χ3v) is 4.77. The molecule has 4 nitrogen and oxygen atoms in total. The zero-order valence-corrected chi connectivity index (χ0v) is 13.4. The molecule has 4 heteroatoms. The van der Waals surface area contributed by atoms with Gasteiger partial charge in [0.2, 0.25) is 5.91 Å². The first-order valence-electron chi connectivity index (χ1n) is 8.16. The summed E-state index contributed by atoms with van der Waals surface area (Å²) in [5, 5.41) is 3.10. The summed E-state index contributed by atoms with van der Waals surface area (Å²) in [6.45, 7) is 5.17. The van der Waals surface area contributed by atoms with Crippen LogP contribution in [0.1, 0.15) is 49.8 Å². The van der Waals surface area contributed by atoms with E-state index in [2.05, 4.69) is 36.5 Å². The minimum Gasteiger partial charge on any atom is -0.381 e. The second kappa shape index (κ2) is 6.39. The molecule has 2 atom stereocenters. The van der Waals surface area contributed by atoms with E-state index in [0.29, 0.717) is 0 Å². The number of hydrogen-bond donors (Lipinski definition) is 1. The van der Waals surface area contributed by atoms with Crippen molar-refractivity contribution in [3.8, 4) is 0 Å². The van der Waals surface area contributed by atoms with Crippen molar-refractivity contribution in [2.45, 2.75) is 57.3 Å². The second-order valence-electron chi connectivity index (χ2n) is 6.65. The largest absolute Gasteiger partial charge is 0.381 e. The number of hydrogen-bond acceptors (Lipinski definition) is 3. The van der Waals surface area contributed by atoms with Gasteiger partial charge < -0.3 is 14.8 Å². The maximum absolute atomic E-state index is 11.5. The molecule has 22 heavy (non-hydrogen) atoms. The van der Waals surface area contributed by atoms with Gasteiger partial charge in [-0.15, -0.1) is 0 Å². The van der Waals surface area contributed by atoms with Gasteiger partial charge >= 0.3 is 0 Å². The van der Waals surface area contributed by atoms with Crippen molar-refractivity contribution in [1.29, 1.82) is 0 Å². The van der Waals surface area contributed by atoms with Crippen LogP contribution in [0.3, 0.4) is 0 Å². The lowest BCUT2D eigenvalue weighted by Crippen LogP contribution is -2.51. The second-order valence-corrected chi connectivity index (χ2v) is 6.65. The minimum atomic E-state index is -0.154. The molecule has 120 valence electrons. The molecule has 0 aliphatic carbocycles. The smallest absolute Gasteiger partial charge is 0.217 e. The summed E-state index contributed by atoms with van der Waals surface area (Å²) in [5.41, 5.74) is 2.30. The first-order chi connectivity index (χ1) is 10.6. The van der Waals surface area contributed by atoms with E-state index < -0.39 is 0 Å². The lowest BCUT2D eigenvalue weighted by Gasteiger charge is -2.47. The number of aryl methyl sites for hydroxylation is 1. The molecule has 2 heterocycles. The summed E-state index contributed by atoms with van der Waals surface area (Å²) >= 11 is 0. The fourth-order valence-electron chi connectivity index (χ4n) is 3.64. The SMILES string of the molecule is CC(=O)N[C@@H]1C[C@H](c2ccc(C)cc2)OC2(CCOCC2)C1. The molecule has 0 saturated carbocycles. The average Bonchev–Trinajstić information content (AvgIpc) is 2.47. The summed E-state index contributed by atoms with van der Waals surface area (Å²) in [4.78, 5) is 11.5. The van der Waals surface area contributed by atoms with Gasteiger partial charge in [0.1, 0.15) is 0 Å². The number of amides is 1. The van der Waals surface area contributed by atoms with E-state index in [1.807, 2.05) is 0 Å². The van der Waals surface area contributed by atoms with Crippen LogP contribution in [-0.4, -0.2) is 30.8 Å². The Hall–Kier alpha value is -1.39. The van der Waals surface area contributed by atoms with Crippen molar-refractivity contribution in [3.63, 3.8) is 0 Å². The molecule has 1 spiro atoms. The molecule has 2 saturated heterocycles. The van der Waals surface area contributed by atoms with Crippen molar-refractivity contribution in [2.24, 2.45) is 0 Å². The van der Waals surface area contributed by atoms with Gasteiger partial charge in [0, 0.05) is 26.2 Å². The van der Waals surface area contributed by atoms with Crippen molar-refractivity contribution in [1.82, 2.24) is 5.32 Å². The van der Waals surface area contributed by atoms with Crippen LogP contribution in [0.5, 0.6) is 0 Å². The summed E-state index contributed by atoms with van der Waals surface area (Å²) < 4.78 is 12.0. The first kappa shape index (κ1) is 15.5. The van der Waals surface area contributed by atoms with Crippen LogP contribution in [0.25, 0.3) is 0 Å². The van der Waals surface area contributed by atoms with Gasteiger partial charge in [0.15, 0.2) is 0 Å². The van der Waals surface area contributed by atoms with E-state index in [4.69, 9.17) is 9.47 Å². The van der Waals surface area contributed by atoms with Crippen molar-refractivity contribution in [2.75, 3.05) is 13.2 Å². The van der Waals surface area contributed by atoms with Gasteiger partial charge in [0.05, 0.1) is 11.7 Å². The van der Waals surface area contributed by atoms with E-state index in [9.17, 15) is 4.79 Å². The Kier molecular flexibility index (Phi) is 4.50. The van der Waals surface area contributed by atoms with E-state index >= 15 is 0 Å². The Bertz CT molecular complexity index is 520. The fraction of sp³-hybridized carbons (Fsp3) is 0.611. The molecular formula is C18H25NO3. The molecule has 0 bridgehead atoms. The Morgan fingerprint density at radius 1 is 1.23 bits per heavy atom. The van der Waals surface area contributed by atoms with E-state index in [1.165, 1.54) is 11.1 Å². The van der Waals surface area contributed by atoms with Crippen LogP contribution >= 0.6 is 0 Å². The zero-order chi connectivity index (χ0) is 15.6. The normalized spacial score (nSPS) is 27.5. The summed E-state index contributed by atoms with van der Waals surface area (Å²) in [7, 11) is 0. The summed E-state index contributed by atoms with van der Waals surface area (Å²) in [6.07, 6.45) is 3.59. The van der Waals surface area contributed by atoms with Gasteiger partial charge in [-0.1, -0.05) is 29.8 Å². The molecule has 1 amide bonds. The summed E-state index contributed by atoms with van der Waals surface area (Å²) in [5.74, 6) is 0.0387. The molecule has 2 aliphatic heterocycles. The molecule has 0 unspecified atom stereocenters. The molecule has 0 aromatic heterocycles. The van der Waals surface area contributed by atoms with Gasteiger partial charge in [-0.3, -0.25) is 4.79 Å². The maximum Gasteiger partial charge on any atom is 0.217 e. The zero-order valence-electron chi connectivity index (χ0n) is 13.4. The quantitative estimate of drug-likeness (QED) is 0.914. The highest BCUT2D eigenvalue weighted by molar-refractivity contribution is 5.73. The number of ether oxygens (including phenoxy) is 2. The van der Waals surface area contributed by atoms with Crippen LogP contribution in [0.2, 0.25) is 0 Å². The van der Waals surface area contributed by atoms with Crippen molar-refractivity contribution >= 4 is 5.91 Å². The minimum absolute atomic E-state index is 0.0387. The Labute approximate surface area is 132 Å². The molecule has 2 aliphatic rings. The Morgan fingerprint density at radius 3 is 2.55 bits per heavy atom. The van der Waals surface area contributed by atoms with Crippen LogP contribution in [0.15, 0.2) is 24.3 Å². The van der Waals surface area contributed by atoms with E-state index in [0.717, 1.165) is 38.9 Å². The molecule has 0 radical (unpaired) electrons. The number of carbonyl (C=O) groups excluding carboxylic acids is 1. The lowest BCUT2D eigenvalue weighted by atomic mass is 9.81. The van der Waals surface area contributed by atoms with Gasteiger partial charge in [0.25, 0.3) is 0 Å². The molecule has 1 N–H and O–H groups in total. The van der Waals surface area contributed by atoms with Gasteiger partial charge in [-0.2, -0.15) is 0 Å². The monoisotopic (exact) mass is 303 g/mol. The van der Waals surface area contributed by atoms with E-state index in [1.54, 1.807) is 6.92 Å². The third-order valence-electron chi connectivity index (χ3n) is 4.77.